The van der Waals surface area contributed by atoms with Crippen LogP contribution < -0.4 is 5.32 Å². The van der Waals surface area contributed by atoms with Gasteiger partial charge in [-0.3, -0.25) is 19.3 Å². The Balaban J connectivity index is 0.946. The molecule has 2 saturated heterocycles. The Labute approximate surface area is 291 Å². The Kier molecular flexibility index (Phi) is 8.34. The zero-order valence-corrected chi connectivity index (χ0v) is 29.7. The Bertz CT molecular complexity index is 1710. The highest BCUT2D eigenvalue weighted by Gasteiger charge is 2.61. The zero-order chi connectivity index (χ0) is 34.1. The van der Waals surface area contributed by atoms with Gasteiger partial charge in [-0.15, -0.1) is 0 Å². The maximum atomic E-state index is 13.2. The van der Waals surface area contributed by atoms with Gasteiger partial charge in [0.25, 0.3) is 5.91 Å². The van der Waals surface area contributed by atoms with Crippen LogP contribution >= 0.6 is 0 Å². The third kappa shape index (κ3) is 5.40. The van der Waals surface area contributed by atoms with E-state index in [1.165, 1.54) is 24.0 Å². The molecule has 6 heteroatoms. The number of benzene rings is 2. The smallest absolute Gasteiger partial charge is 0.251 e. The molecule has 2 aliphatic heterocycles. The van der Waals surface area contributed by atoms with Crippen LogP contribution in [-0.2, 0) is 9.53 Å². The van der Waals surface area contributed by atoms with E-state index in [1.54, 1.807) is 29.8 Å². The summed E-state index contributed by atoms with van der Waals surface area (Å²) in [5, 5.41) is 3.16. The summed E-state index contributed by atoms with van der Waals surface area (Å²) in [6.07, 6.45) is 10.8. The number of ketones is 2. The highest BCUT2D eigenvalue weighted by atomic mass is 16.5. The molecule has 4 aliphatic carbocycles. The molecule has 6 nitrogen and oxygen atoms in total. The number of hydrogen-bond donors (Lipinski definition) is 1. The number of allylic oxidation sites excluding steroid dienone is 3. The number of nitrogens with zero attached hydrogens (tertiary/aromatic N) is 1. The van der Waals surface area contributed by atoms with Crippen molar-refractivity contribution >= 4 is 17.5 Å². The van der Waals surface area contributed by atoms with Crippen LogP contribution in [0, 0.1) is 35.0 Å². The van der Waals surface area contributed by atoms with Crippen molar-refractivity contribution in [1.29, 1.82) is 0 Å². The molecule has 9 atom stereocenters. The van der Waals surface area contributed by atoms with Gasteiger partial charge >= 0.3 is 0 Å². The van der Waals surface area contributed by atoms with E-state index >= 15 is 0 Å². The fraction of sp³-hybridized carbons (Fsp3) is 0.558. The van der Waals surface area contributed by atoms with Gasteiger partial charge in [0.05, 0.1) is 11.7 Å². The van der Waals surface area contributed by atoms with Gasteiger partial charge in [0, 0.05) is 61.1 Å². The van der Waals surface area contributed by atoms with E-state index in [1.807, 2.05) is 30.3 Å². The molecule has 2 aromatic rings. The molecule has 0 radical (unpaired) electrons. The number of amides is 1. The van der Waals surface area contributed by atoms with Crippen LogP contribution in [0.1, 0.15) is 105 Å². The Morgan fingerprint density at radius 2 is 1.73 bits per heavy atom. The van der Waals surface area contributed by atoms with Gasteiger partial charge in [0.1, 0.15) is 5.78 Å². The molecule has 2 heterocycles. The van der Waals surface area contributed by atoms with Crippen molar-refractivity contribution in [3.8, 4) is 0 Å². The largest absolute Gasteiger partial charge is 0.365 e. The summed E-state index contributed by atoms with van der Waals surface area (Å²) < 4.78 is 7.31. The summed E-state index contributed by atoms with van der Waals surface area (Å²) in [5.41, 5.74) is 6.39. The first-order chi connectivity index (χ1) is 23.6. The van der Waals surface area contributed by atoms with Gasteiger partial charge in [0.15, 0.2) is 5.78 Å². The van der Waals surface area contributed by atoms with E-state index in [0.717, 1.165) is 45.2 Å². The number of nitrogens with one attached hydrogen (secondary N) is 1. The molecule has 0 aromatic heterocycles. The summed E-state index contributed by atoms with van der Waals surface area (Å²) in [6.45, 7) is 12.0. The van der Waals surface area contributed by atoms with E-state index in [9.17, 15) is 14.4 Å². The molecule has 9 unspecified atom stereocenters. The third-order valence-electron chi connectivity index (χ3n) is 14.1. The number of rotatable bonds is 6. The topological polar surface area (TPSA) is 75.7 Å². The van der Waals surface area contributed by atoms with Crippen LogP contribution in [-0.4, -0.2) is 59.8 Å². The summed E-state index contributed by atoms with van der Waals surface area (Å²) >= 11 is 0. The molecule has 4 fully saturated rings. The van der Waals surface area contributed by atoms with E-state index < -0.39 is 0 Å². The number of Topliss-reactive ketones (excluding diaryl/α,β-unsaturated/α-hetero) is 1. The molecule has 1 spiro atoms. The van der Waals surface area contributed by atoms with Crippen LogP contribution in [0.5, 0.6) is 0 Å². The molecule has 2 saturated carbocycles. The lowest BCUT2D eigenvalue weighted by atomic mass is 9.57. The normalized spacial score (nSPS) is 36.9. The summed E-state index contributed by atoms with van der Waals surface area (Å²) in [5.74, 6) is 3.18. The fourth-order valence-electron chi connectivity index (χ4n) is 11.5. The quantitative estimate of drug-likeness (QED) is 0.255. The molecule has 49 heavy (non-hydrogen) atoms. The highest BCUT2D eigenvalue weighted by molar-refractivity contribution is 6.09. The number of fused-ring (bicyclic) bond motifs is 6. The Morgan fingerprint density at radius 1 is 1.00 bits per heavy atom. The minimum absolute atomic E-state index is 0.0417. The molecule has 6 aliphatic rings. The standard InChI is InChI=1S/C43H52N2O4/c1-26-22-38-39(45(25-26)21-20-44-41(48)31-12-10-30(11-13-31)40(47)29-8-6-5-7-9-29)28(3)43(49-38)19-17-34-35-15-14-32-23-33(46)16-18-42(32,4)37(35)24-36(34)27(43)2/h5-14,26,28,34-35,37-39H,15-25H2,1-4H3,(H,44,48). The lowest BCUT2D eigenvalue weighted by Crippen LogP contribution is -2.54. The second-order valence-electron chi connectivity index (χ2n) is 16.6. The van der Waals surface area contributed by atoms with Gasteiger partial charge in [0.2, 0.25) is 0 Å². The van der Waals surface area contributed by atoms with Crippen molar-refractivity contribution in [2.45, 2.75) is 96.8 Å². The SMILES string of the molecule is CC1=C2CC3C(CC=C4CC(=O)CCC43C)C2CCC12OC1CC(C)CN(CCNC(=O)c3ccc(C(=O)c4ccccc4)cc3)C1C2C. The van der Waals surface area contributed by atoms with Gasteiger partial charge in [-0.2, -0.15) is 0 Å². The predicted molar refractivity (Wildman–Crippen MR) is 191 cm³/mol. The maximum absolute atomic E-state index is 13.2. The van der Waals surface area contributed by atoms with Crippen LogP contribution in [0.3, 0.4) is 0 Å². The monoisotopic (exact) mass is 660 g/mol. The molecule has 1 amide bonds. The van der Waals surface area contributed by atoms with Crippen LogP contribution in [0.25, 0.3) is 0 Å². The van der Waals surface area contributed by atoms with Crippen LogP contribution in [0.2, 0.25) is 0 Å². The van der Waals surface area contributed by atoms with Gasteiger partial charge in [-0.05, 0) is 92.2 Å². The van der Waals surface area contributed by atoms with E-state index in [4.69, 9.17) is 4.74 Å². The van der Waals surface area contributed by atoms with Crippen molar-refractivity contribution < 1.29 is 19.1 Å². The molecular formula is C43H52N2O4. The number of likely N-dealkylation sites (tertiary alicyclic amines) is 1. The minimum atomic E-state index is -0.209. The molecular weight excluding hydrogens is 608 g/mol. The molecule has 8 rings (SSSR count). The maximum Gasteiger partial charge on any atom is 0.251 e. The van der Waals surface area contributed by atoms with E-state index in [-0.39, 0.29) is 28.8 Å². The molecule has 2 aromatic carbocycles. The lowest BCUT2D eigenvalue weighted by Gasteiger charge is -2.47. The van der Waals surface area contributed by atoms with E-state index in [2.05, 4.69) is 44.0 Å². The first-order valence-electron chi connectivity index (χ1n) is 18.9. The number of hydrogen-bond acceptors (Lipinski definition) is 5. The number of ether oxygens (including phenoxy) is 1. The second kappa shape index (κ2) is 12.5. The molecule has 258 valence electrons. The van der Waals surface area contributed by atoms with Gasteiger partial charge < -0.3 is 10.1 Å². The first-order valence-corrected chi connectivity index (χ1v) is 18.9. The molecule has 1 N–H and O–H groups in total. The number of piperidine rings is 1. The average molecular weight is 661 g/mol. The number of carbonyl (C=O) groups excluding carboxylic acids is 3. The van der Waals surface area contributed by atoms with Crippen molar-refractivity contribution in [3.05, 3.63) is 94.1 Å². The first kappa shape index (κ1) is 32.8. The zero-order valence-electron chi connectivity index (χ0n) is 29.7. The molecule has 0 bridgehead atoms. The van der Waals surface area contributed by atoms with Gasteiger partial charge in [-0.1, -0.05) is 80.5 Å². The predicted octanol–water partition coefficient (Wildman–Crippen LogP) is 7.58. The minimum Gasteiger partial charge on any atom is -0.365 e. The van der Waals surface area contributed by atoms with Crippen LogP contribution in [0.4, 0.5) is 0 Å². The highest BCUT2D eigenvalue weighted by Crippen LogP contribution is 2.65. The number of carbonyl (C=O) groups is 3. The van der Waals surface area contributed by atoms with Crippen molar-refractivity contribution in [2.24, 2.45) is 35.0 Å². The van der Waals surface area contributed by atoms with Gasteiger partial charge in [-0.25, -0.2) is 0 Å². The fourth-order valence-corrected chi connectivity index (χ4v) is 11.5. The average Bonchev–Trinajstić information content (AvgIpc) is 3.63. The van der Waals surface area contributed by atoms with Crippen molar-refractivity contribution in [1.82, 2.24) is 10.2 Å². The van der Waals surface area contributed by atoms with Crippen LogP contribution in [0.15, 0.2) is 77.4 Å². The summed E-state index contributed by atoms with van der Waals surface area (Å²) in [6, 6.07) is 16.6. The summed E-state index contributed by atoms with van der Waals surface area (Å²) in [7, 11) is 0. The van der Waals surface area contributed by atoms with Crippen molar-refractivity contribution in [2.75, 3.05) is 19.6 Å². The summed E-state index contributed by atoms with van der Waals surface area (Å²) in [4.78, 5) is 40.9. The second-order valence-corrected chi connectivity index (χ2v) is 16.6. The Hall–Kier alpha value is -3.35. The van der Waals surface area contributed by atoms with Crippen molar-refractivity contribution in [3.63, 3.8) is 0 Å². The lowest BCUT2D eigenvalue weighted by molar-refractivity contribution is -0.121. The third-order valence-corrected chi connectivity index (χ3v) is 14.1. The van der Waals surface area contributed by atoms with E-state index in [0.29, 0.717) is 71.1 Å². The Morgan fingerprint density at radius 3 is 2.51 bits per heavy atom.